The average Bonchev–Trinajstić information content (AvgIpc) is 3.22. The molecule has 25 heavy (non-hydrogen) atoms. The molecule has 10 nitrogen and oxygen atoms in total. The zero-order chi connectivity index (χ0) is 18.1. The maximum atomic E-state index is 10.8. The van der Waals surface area contributed by atoms with Crippen LogP contribution in [0.4, 0.5) is 0 Å². The SMILES string of the molecule is C[C@]12O[C@H]1[C@H](O)[C@@]1(O)C=CO[C@@H](O[C@@H]3O[C@H](CO)[C@H](O)[C@H](O)[C@H]3O)[C@@H]12. The summed E-state index contributed by atoms with van der Waals surface area (Å²) in [5, 5.41) is 60.0. The molecule has 0 bridgehead atoms. The van der Waals surface area contributed by atoms with Gasteiger partial charge in [-0.2, -0.15) is 0 Å². The molecule has 3 aliphatic heterocycles. The van der Waals surface area contributed by atoms with Gasteiger partial charge in [0.25, 0.3) is 0 Å². The Bertz CT molecular complexity index is 569. The summed E-state index contributed by atoms with van der Waals surface area (Å²) in [4.78, 5) is 0. The van der Waals surface area contributed by atoms with Gasteiger partial charge in [-0.3, -0.25) is 0 Å². The molecule has 3 fully saturated rings. The van der Waals surface area contributed by atoms with Crippen LogP contribution in [-0.2, 0) is 18.9 Å². The molecule has 0 spiro atoms. The van der Waals surface area contributed by atoms with E-state index < -0.39 is 72.9 Å². The van der Waals surface area contributed by atoms with Crippen LogP contribution in [0.2, 0.25) is 0 Å². The lowest BCUT2D eigenvalue weighted by molar-refractivity contribution is -0.349. The number of hydrogen-bond donors (Lipinski definition) is 6. The minimum Gasteiger partial charge on any atom is -0.472 e. The summed E-state index contributed by atoms with van der Waals surface area (Å²) in [5.41, 5.74) is -2.51. The monoisotopic (exact) mass is 362 g/mol. The van der Waals surface area contributed by atoms with Gasteiger partial charge >= 0.3 is 0 Å². The highest BCUT2D eigenvalue weighted by molar-refractivity contribution is 5.31. The zero-order valence-corrected chi connectivity index (χ0v) is 13.4. The number of aliphatic hydroxyl groups is 6. The van der Waals surface area contributed by atoms with Gasteiger partial charge in [0, 0.05) is 0 Å². The standard InChI is InChI=1S/C15H22O10/c1-14-9-13(22-3-2-15(9,21)10(20)11(14)25-14)24-12-8(19)7(18)6(17)5(4-16)23-12/h2-3,5-13,16-21H,4H2,1H3/t5-,6+,7+,8-,9-,10+,11+,12+,13+,14-,15-/m1/s1. The third-order valence-electron chi connectivity index (χ3n) is 5.70. The van der Waals surface area contributed by atoms with E-state index in [0.717, 1.165) is 0 Å². The Morgan fingerprint density at radius 1 is 1.08 bits per heavy atom. The van der Waals surface area contributed by atoms with Crippen LogP contribution in [0.15, 0.2) is 12.3 Å². The molecular formula is C15H22O10. The van der Waals surface area contributed by atoms with Crippen LogP contribution >= 0.6 is 0 Å². The van der Waals surface area contributed by atoms with Crippen LogP contribution in [0, 0.1) is 5.92 Å². The Morgan fingerprint density at radius 2 is 1.80 bits per heavy atom. The smallest absolute Gasteiger partial charge is 0.210 e. The van der Waals surface area contributed by atoms with Crippen LogP contribution < -0.4 is 0 Å². The van der Waals surface area contributed by atoms with Crippen molar-refractivity contribution < 1.29 is 49.6 Å². The van der Waals surface area contributed by atoms with Crippen molar-refractivity contribution >= 4 is 0 Å². The second kappa shape index (κ2) is 5.59. The van der Waals surface area contributed by atoms with E-state index in [2.05, 4.69) is 0 Å². The van der Waals surface area contributed by atoms with Gasteiger partial charge in [0.15, 0.2) is 6.29 Å². The topological polar surface area (TPSA) is 162 Å². The first-order valence-electron chi connectivity index (χ1n) is 8.11. The third-order valence-corrected chi connectivity index (χ3v) is 5.70. The molecule has 0 aromatic heterocycles. The lowest BCUT2D eigenvalue weighted by Crippen LogP contribution is -2.61. The normalized spacial score (nSPS) is 59.9. The van der Waals surface area contributed by atoms with Gasteiger partial charge in [0.2, 0.25) is 6.29 Å². The Kier molecular flexibility index (Phi) is 3.93. The average molecular weight is 362 g/mol. The molecule has 2 saturated heterocycles. The molecule has 142 valence electrons. The van der Waals surface area contributed by atoms with Gasteiger partial charge in [-0.15, -0.1) is 0 Å². The molecule has 0 amide bonds. The van der Waals surface area contributed by atoms with Crippen LogP contribution in [-0.4, -0.2) is 97.7 Å². The molecule has 6 N–H and O–H groups in total. The fourth-order valence-electron chi connectivity index (χ4n) is 4.17. The summed E-state index contributed by atoms with van der Waals surface area (Å²) in [7, 11) is 0. The maximum Gasteiger partial charge on any atom is 0.210 e. The molecule has 0 radical (unpaired) electrons. The van der Waals surface area contributed by atoms with E-state index >= 15 is 0 Å². The Hall–Kier alpha value is -0.820. The van der Waals surface area contributed by atoms with Crippen molar-refractivity contribution in [1.29, 1.82) is 0 Å². The Labute approximate surface area is 142 Å². The van der Waals surface area contributed by atoms with Crippen LogP contribution in [0.25, 0.3) is 0 Å². The van der Waals surface area contributed by atoms with Crippen molar-refractivity contribution in [2.24, 2.45) is 5.92 Å². The summed E-state index contributed by atoms with van der Waals surface area (Å²) in [6.45, 7) is 1.11. The van der Waals surface area contributed by atoms with E-state index in [4.69, 9.17) is 18.9 Å². The third kappa shape index (κ3) is 2.30. The quantitative estimate of drug-likeness (QED) is 0.278. The summed E-state index contributed by atoms with van der Waals surface area (Å²) < 4.78 is 21.8. The van der Waals surface area contributed by atoms with Crippen molar-refractivity contribution in [3.05, 3.63) is 12.3 Å². The lowest BCUT2D eigenvalue weighted by atomic mass is 9.82. The second-order valence-electron chi connectivity index (χ2n) is 7.17. The minimum absolute atomic E-state index is 0.574. The van der Waals surface area contributed by atoms with Gasteiger partial charge in [-0.05, 0) is 13.0 Å². The Balaban J connectivity index is 1.56. The zero-order valence-electron chi connectivity index (χ0n) is 13.4. The van der Waals surface area contributed by atoms with Gasteiger partial charge in [-0.1, -0.05) is 0 Å². The Morgan fingerprint density at radius 3 is 2.48 bits per heavy atom. The summed E-state index contributed by atoms with van der Waals surface area (Å²) >= 11 is 0. The predicted octanol–water partition coefficient (Wildman–Crippen LogP) is -3.45. The fraction of sp³-hybridized carbons (Fsp3) is 0.867. The second-order valence-corrected chi connectivity index (χ2v) is 7.17. The molecular weight excluding hydrogens is 340 g/mol. The summed E-state index contributed by atoms with van der Waals surface area (Å²) in [5.74, 6) is -0.808. The van der Waals surface area contributed by atoms with Crippen LogP contribution in [0.1, 0.15) is 6.92 Å². The number of rotatable bonds is 3. The largest absolute Gasteiger partial charge is 0.472 e. The molecule has 4 aliphatic rings. The van der Waals surface area contributed by atoms with Crippen molar-refractivity contribution in [3.8, 4) is 0 Å². The van der Waals surface area contributed by atoms with E-state index in [1.54, 1.807) is 6.92 Å². The number of ether oxygens (including phenoxy) is 4. The van der Waals surface area contributed by atoms with Crippen LogP contribution in [0.3, 0.4) is 0 Å². The first kappa shape index (κ1) is 17.6. The highest BCUT2D eigenvalue weighted by atomic mass is 16.8. The van der Waals surface area contributed by atoms with Gasteiger partial charge in [0.1, 0.15) is 47.8 Å². The van der Waals surface area contributed by atoms with E-state index in [1.807, 2.05) is 0 Å². The van der Waals surface area contributed by atoms with E-state index in [9.17, 15) is 30.6 Å². The molecule has 0 aromatic rings. The molecule has 4 rings (SSSR count). The van der Waals surface area contributed by atoms with Crippen molar-refractivity contribution in [3.63, 3.8) is 0 Å². The molecule has 0 aromatic carbocycles. The molecule has 1 saturated carbocycles. The summed E-state index contributed by atoms with van der Waals surface area (Å²) in [6.07, 6.45) is -7.63. The minimum atomic E-state index is -1.63. The van der Waals surface area contributed by atoms with E-state index in [-0.39, 0.29) is 0 Å². The molecule has 11 atom stereocenters. The van der Waals surface area contributed by atoms with E-state index in [0.29, 0.717) is 0 Å². The fourth-order valence-corrected chi connectivity index (χ4v) is 4.17. The maximum absolute atomic E-state index is 10.8. The highest BCUT2D eigenvalue weighted by Crippen LogP contribution is 2.61. The number of hydrogen-bond acceptors (Lipinski definition) is 10. The molecule has 0 unspecified atom stereocenters. The number of aliphatic hydroxyl groups excluding tert-OH is 5. The van der Waals surface area contributed by atoms with Crippen LogP contribution in [0.5, 0.6) is 0 Å². The molecule has 3 heterocycles. The first-order valence-corrected chi connectivity index (χ1v) is 8.11. The number of fused-ring (bicyclic) bond motifs is 3. The molecule has 10 heteroatoms. The lowest BCUT2D eigenvalue weighted by Gasteiger charge is -2.45. The van der Waals surface area contributed by atoms with Crippen molar-refractivity contribution in [2.75, 3.05) is 6.61 Å². The summed E-state index contributed by atoms with van der Waals surface area (Å²) in [6, 6.07) is 0. The molecule has 1 aliphatic carbocycles. The highest BCUT2D eigenvalue weighted by Gasteiger charge is 2.79. The van der Waals surface area contributed by atoms with Crippen molar-refractivity contribution in [1.82, 2.24) is 0 Å². The van der Waals surface area contributed by atoms with Gasteiger partial charge in [0.05, 0.1) is 18.8 Å². The van der Waals surface area contributed by atoms with Gasteiger partial charge in [-0.25, -0.2) is 0 Å². The van der Waals surface area contributed by atoms with Gasteiger partial charge < -0.3 is 49.6 Å². The number of epoxide rings is 1. The first-order chi connectivity index (χ1) is 11.7. The predicted molar refractivity (Wildman–Crippen MR) is 76.6 cm³/mol. The van der Waals surface area contributed by atoms with Crippen molar-refractivity contribution in [2.45, 2.75) is 67.3 Å². The van der Waals surface area contributed by atoms with E-state index in [1.165, 1.54) is 12.3 Å².